The Balaban J connectivity index is 3.74. The Morgan fingerprint density at radius 1 is 0.714 bits per heavy atom. The third-order valence-corrected chi connectivity index (χ3v) is 3.39. The average Bonchev–Trinajstić information content (AvgIpc) is 2.17. The molecule has 0 nitrogen and oxygen atoms in total. The van der Waals surface area contributed by atoms with Crippen molar-refractivity contribution >= 4 is 0 Å². The lowest BCUT2D eigenvalue weighted by Crippen LogP contribution is -2.11. The van der Waals surface area contributed by atoms with Gasteiger partial charge in [-0.1, -0.05) is 79.1 Å². The summed E-state index contributed by atoms with van der Waals surface area (Å²) in [6.07, 6.45) is 11.3. The smallest absolute Gasteiger partial charge is 0.0389 e. The van der Waals surface area contributed by atoms with Crippen LogP contribution in [-0.4, -0.2) is 0 Å². The van der Waals surface area contributed by atoms with Gasteiger partial charge < -0.3 is 0 Å². The van der Waals surface area contributed by atoms with Crippen molar-refractivity contribution in [3.8, 4) is 0 Å². The van der Waals surface area contributed by atoms with Gasteiger partial charge in [0.1, 0.15) is 0 Å². The predicted molar refractivity (Wildman–Crippen MR) is 66.6 cm³/mol. The molecule has 0 aliphatic carbocycles. The molecule has 0 N–H and O–H groups in total. The minimum atomic E-state index is 0.955. The lowest BCUT2D eigenvalue weighted by molar-refractivity contribution is 0.286. The Kier molecular flexibility index (Phi) is 9.55. The molecule has 0 heteroatoms. The molecular formula is C14H30. The largest absolute Gasteiger partial charge is 0.0654 e. The summed E-state index contributed by atoms with van der Waals surface area (Å²) in [6.45, 7) is 9.39. The van der Waals surface area contributed by atoms with E-state index in [1.807, 2.05) is 0 Å². The molecular weight excluding hydrogens is 168 g/mol. The van der Waals surface area contributed by atoms with Crippen molar-refractivity contribution in [1.29, 1.82) is 0 Å². The third-order valence-electron chi connectivity index (χ3n) is 3.39. The van der Waals surface area contributed by atoms with Crippen molar-refractivity contribution in [3.05, 3.63) is 0 Å². The van der Waals surface area contributed by atoms with E-state index < -0.39 is 0 Å². The highest BCUT2D eigenvalue weighted by molar-refractivity contribution is 4.66. The first-order chi connectivity index (χ1) is 6.76. The molecule has 0 fully saturated rings. The average molecular weight is 198 g/mol. The van der Waals surface area contributed by atoms with Gasteiger partial charge >= 0.3 is 0 Å². The molecule has 0 aliphatic heterocycles. The molecule has 0 spiro atoms. The molecule has 0 aromatic heterocycles. The van der Waals surface area contributed by atoms with E-state index in [1.54, 1.807) is 0 Å². The van der Waals surface area contributed by atoms with E-state index in [0.717, 1.165) is 11.8 Å². The molecule has 0 rings (SSSR count). The van der Waals surface area contributed by atoms with E-state index in [-0.39, 0.29) is 0 Å². The van der Waals surface area contributed by atoms with Crippen LogP contribution in [0.2, 0.25) is 0 Å². The second-order valence-electron chi connectivity index (χ2n) is 4.81. The molecule has 0 amide bonds. The Labute approximate surface area is 91.5 Å². The molecule has 2 atom stereocenters. The maximum absolute atomic E-state index is 2.45. The summed E-state index contributed by atoms with van der Waals surface area (Å²) < 4.78 is 0. The Morgan fingerprint density at radius 3 is 1.86 bits per heavy atom. The zero-order valence-electron chi connectivity index (χ0n) is 10.8. The van der Waals surface area contributed by atoms with Crippen LogP contribution >= 0.6 is 0 Å². The summed E-state index contributed by atoms with van der Waals surface area (Å²) >= 11 is 0. The van der Waals surface area contributed by atoms with Crippen LogP contribution in [0.3, 0.4) is 0 Å². The van der Waals surface area contributed by atoms with Crippen LogP contribution < -0.4 is 0 Å². The van der Waals surface area contributed by atoms with E-state index in [2.05, 4.69) is 27.7 Å². The van der Waals surface area contributed by atoms with E-state index >= 15 is 0 Å². The molecule has 0 saturated carbocycles. The Hall–Kier alpha value is 0. The third kappa shape index (κ3) is 6.45. The van der Waals surface area contributed by atoms with Crippen LogP contribution in [0.25, 0.3) is 0 Å². The summed E-state index contributed by atoms with van der Waals surface area (Å²) in [5, 5.41) is 0. The number of rotatable bonds is 9. The summed E-state index contributed by atoms with van der Waals surface area (Å²) in [7, 11) is 0. The lowest BCUT2D eigenvalue weighted by atomic mass is 9.83. The van der Waals surface area contributed by atoms with Gasteiger partial charge in [-0.2, -0.15) is 0 Å². The standard InChI is InChI=1S/C14H30/c1-5-8-9-12-14(11-7-3)13(4)10-6-2/h13-14H,5-12H2,1-4H3. The van der Waals surface area contributed by atoms with Crippen LogP contribution in [0.1, 0.15) is 79.1 Å². The number of unbranched alkanes of at least 4 members (excludes halogenated alkanes) is 2. The highest BCUT2D eigenvalue weighted by Crippen LogP contribution is 2.27. The van der Waals surface area contributed by atoms with Gasteiger partial charge in [-0.3, -0.25) is 0 Å². The molecule has 86 valence electrons. The first-order valence-corrected chi connectivity index (χ1v) is 6.76. The molecule has 0 aliphatic rings. The van der Waals surface area contributed by atoms with Crippen molar-refractivity contribution in [1.82, 2.24) is 0 Å². The zero-order valence-corrected chi connectivity index (χ0v) is 10.8. The van der Waals surface area contributed by atoms with Crippen LogP contribution in [-0.2, 0) is 0 Å². The van der Waals surface area contributed by atoms with Crippen LogP contribution in [0.4, 0.5) is 0 Å². The minimum Gasteiger partial charge on any atom is -0.0654 e. The van der Waals surface area contributed by atoms with Gasteiger partial charge in [-0.05, 0) is 11.8 Å². The highest BCUT2D eigenvalue weighted by Gasteiger charge is 2.14. The van der Waals surface area contributed by atoms with Crippen LogP contribution in [0.5, 0.6) is 0 Å². The van der Waals surface area contributed by atoms with Crippen molar-refractivity contribution < 1.29 is 0 Å². The van der Waals surface area contributed by atoms with Gasteiger partial charge in [0.15, 0.2) is 0 Å². The molecule has 0 aromatic rings. The summed E-state index contributed by atoms with van der Waals surface area (Å²) in [5.74, 6) is 1.96. The molecule has 14 heavy (non-hydrogen) atoms. The van der Waals surface area contributed by atoms with Crippen LogP contribution in [0.15, 0.2) is 0 Å². The van der Waals surface area contributed by atoms with E-state index in [4.69, 9.17) is 0 Å². The minimum absolute atomic E-state index is 0.955. The molecule has 0 radical (unpaired) electrons. The van der Waals surface area contributed by atoms with Gasteiger partial charge in [-0.25, -0.2) is 0 Å². The Bertz CT molecular complexity index is 107. The second-order valence-corrected chi connectivity index (χ2v) is 4.81. The van der Waals surface area contributed by atoms with Gasteiger partial charge in [0.25, 0.3) is 0 Å². The molecule has 2 unspecified atom stereocenters. The van der Waals surface area contributed by atoms with E-state index in [1.165, 1.54) is 51.4 Å². The SMILES string of the molecule is CCCCCC(CCC)C(C)CCC. The van der Waals surface area contributed by atoms with Crippen molar-refractivity contribution in [2.75, 3.05) is 0 Å². The molecule has 0 heterocycles. The first kappa shape index (κ1) is 14.0. The highest BCUT2D eigenvalue weighted by atomic mass is 14.2. The summed E-state index contributed by atoms with van der Waals surface area (Å²) in [4.78, 5) is 0. The normalized spacial score (nSPS) is 15.4. The topological polar surface area (TPSA) is 0 Å². The Morgan fingerprint density at radius 2 is 1.36 bits per heavy atom. The first-order valence-electron chi connectivity index (χ1n) is 6.76. The molecule has 0 saturated heterocycles. The van der Waals surface area contributed by atoms with Crippen molar-refractivity contribution in [2.24, 2.45) is 11.8 Å². The maximum atomic E-state index is 2.45. The second kappa shape index (κ2) is 9.55. The van der Waals surface area contributed by atoms with Crippen molar-refractivity contribution in [3.63, 3.8) is 0 Å². The van der Waals surface area contributed by atoms with Gasteiger partial charge in [0.2, 0.25) is 0 Å². The summed E-state index contributed by atoms with van der Waals surface area (Å²) in [5.41, 5.74) is 0. The summed E-state index contributed by atoms with van der Waals surface area (Å²) in [6, 6.07) is 0. The molecule has 0 aromatic carbocycles. The fraction of sp³-hybridized carbons (Fsp3) is 1.00. The van der Waals surface area contributed by atoms with Crippen LogP contribution in [0, 0.1) is 11.8 Å². The predicted octanol–water partition coefficient (Wildman–Crippen LogP) is 5.42. The fourth-order valence-corrected chi connectivity index (χ4v) is 2.43. The van der Waals surface area contributed by atoms with Crippen molar-refractivity contribution in [2.45, 2.75) is 79.1 Å². The van der Waals surface area contributed by atoms with E-state index in [0.29, 0.717) is 0 Å². The molecule has 0 bridgehead atoms. The van der Waals surface area contributed by atoms with Gasteiger partial charge in [0, 0.05) is 0 Å². The fourth-order valence-electron chi connectivity index (χ4n) is 2.43. The maximum Gasteiger partial charge on any atom is -0.0389 e. The quantitative estimate of drug-likeness (QED) is 0.434. The number of hydrogen-bond acceptors (Lipinski definition) is 0. The zero-order chi connectivity index (χ0) is 10.8. The van der Waals surface area contributed by atoms with E-state index in [9.17, 15) is 0 Å². The monoisotopic (exact) mass is 198 g/mol. The number of hydrogen-bond donors (Lipinski definition) is 0. The van der Waals surface area contributed by atoms with Gasteiger partial charge in [-0.15, -0.1) is 0 Å². The van der Waals surface area contributed by atoms with Gasteiger partial charge in [0.05, 0.1) is 0 Å². The lowest BCUT2D eigenvalue weighted by Gasteiger charge is -2.23.